The Labute approximate surface area is 195 Å². The number of halogens is 3. The summed E-state index contributed by atoms with van der Waals surface area (Å²) in [5.74, 6) is 0.781. The van der Waals surface area contributed by atoms with Gasteiger partial charge in [0.1, 0.15) is 0 Å². The summed E-state index contributed by atoms with van der Waals surface area (Å²) in [5.41, 5.74) is 0.864. The SMILES string of the molecule is CN(C)CCN(C(=O)CCSc1ccc(Cl)cc1)c1nc2ccc(Cl)cc2s1.Cl. The van der Waals surface area contributed by atoms with Crippen LogP contribution in [0.4, 0.5) is 5.13 Å². The number of carbonyl (C=O) groups excluding carboxylic acids is 1. The maximum Gasteiger partial charge on any atom is 0.229 e. The Bertz CT molecular complexity index is 948. The molecule has 0 fully saturated rings. The summed E-state index contributed by atoms with van der Waals surface area (Å²) in [4.78, 5) is 22.6. The van der Waals surface area contributed by atoms with Crippen LogP contribution in [0.2, 0.25) is 10.0 Å². The molecule has 0 radical (unpaired) electrons. The molecule has 0 aliphatic rings. The molecule has 0 aliphatic carbocycles. The lowest BCUT2D eigenvalue weighted by Crippen LogP contribution is -2.36. The molecule has 2 aromatic carbocycles. The average molecular weight is 491 g/mol. The van der Waals surface area contributed by atoms with Crippen LogP contribution in [0.15, 0.2) is 47.4 Å². The van der Waals surface area contributed by atoms with Crippen LogP contribution < -0.4 is 4.90 Å². The van der Waals surface area contributed by atoms with Gasteiger partial charge in [-0.15, -0.1) is 24.2 Å². The van der Waals surface area contributed by atoms with E-state index in [0.29, 0.717) is 28.8 Å². The third-order valence-corrected chi connectivity index (χ3v) is 6.58. The lowest BCUT2D eigenvalue weighted by atomic mass is 10.3. The number of thiazole rings is 1. The fourth-order valence-electron chi connectivity index (χ4n) is 2.55. The summed E-state index contributed by atoms with van der Waals surface area (Å²) >= 11 is 15.2. The van der Waals surface area contributed by atoms with E-state index in [1.807, 2.05) is 56.6 Å². The van der Waals surface area contributed by atoms with Crippen LogP contribution in [0.3, 0.4) is 0 Å². The minimum atomic E-state index is 0. The predicted octanol–water partition coefficient (Wildman–Crippen LogP) is 6.10. The number of nitrogens with zero attached hydrogens (tertiary/aromatic N) is 3. The Hall–Kier alpha value is -1.02. The molecule has 4 nitrogen and oxygen atoms in total. The molecule has 0 bridgehead atoms. The van der Waals surface area contributed by atoms with Crippen molar-refractivity contribution in [2.75, 3.05) is 37.8 Å². The highest BCUT2D eigenvalue weighted by atomic mass is 35.5. The number of aromatic nitrogens is 1. The summed E-state index contributed by atoms with van der Waals surface area (Å²) in [7, 11) is 3.99. The second-order valence-corrected chi connectivity index (χ2v) is 9.56. The number of anilines is 1. The minimum absolute atomic E-state index is 0. The summed E-state index contributed by atoms with van der Waals surface area (Å²) in [6.45, 7) is 1.37. The fraction of sp³-hybridized carbons (Fsp3) is 0.300. The first-order valence-corrected chi connectivity index (χ1v) is 11.4. The zero-order valence-electron chi connectivity index (χ0n) is 16.1. The van der Waals surface area contributed by atoms with Crippen molar-refractivity contribution >= 4 is 80.0 Å². The number of rotatable bonds is 8. The molecular weight excluding hydrogens is 469 g/mol. The maximum atomic E-state index is 13.0. The van der Waals surface area contributed by atoms with E-state index in [0.717, 1.165) is 26.8 Å². The van der Waals surface area contributed by atoms with Gasteiger partial charge in [-0.3, -0.25) is 9.69 Å². The Morgan fingerprint density at radius 1 is 1.07 bits per heavy atom. The number of hydrogen-bond donors (Lipinski definition) is 0. The Balaban J connectivity index is 0.00000300. The quantitative estimate of drug-likeness (QED) is 0.357. The van der Waals surface area contributed by atoms with Crippen molar-refractivity contribution in [3.8, 4) is 0 Å². The molecule has 156 valence electrons. The van der Waals surface area contributed by atoms with Gasteiger partial charge in [-0.1, -0.05) is 34.5 Å². The van der Waals surface area contributed by atoms with Crippen LogP contribution in [0.5, 0.6) is 0 Å². The maximum absolute atomic E-state index is 13.0. The molecule has 0 N–H and O–H groups in total. The molecule has 29 heavy (non-hydrogen) atoms. The van der Waals surface area contributed by atoms with Crippen LogP contribution in [-0.2, 0) is 4.79 Å². The highest BCUT2D eigenvalue weighted by Crippen LogP contribution is 2.31. The van der Waals surface area contributed by atoms with E-state index in [1.165, 1.54) is 11.3 Å². The van der Waals surface area contributed by atoms with Crippen molar-refractivity contribution in [1.82, 2.24) is 9.88 Å². The van der Waals surface area contributed by atoms with E-state index in [2.05, 4.69) is 9.88 Å². The predicted molar refractivity (Wildman–Crippen MR) is 130 cm³/mol. The van der Waals surface area contributed by atoms with Gasteiger partial charge in [0.05, 0.1) is 10.2 Å². The van der Waals surface area contributed by atoms with Crippen molar-refractivity contribution in [2.24, 2.45) is 0 Å². The summed E-state index contributed by atoms with van der Waals surface area (Å²) in [6.07, 6.45) is 0.442. The molecule has 1 aromatic heterocycles. The van der Waals surface area contributed by atoms with Crippen LogP contribution in [0.25, 0.3) is 10.2 Å². The molecule has 1 heterocycles. The van der Waals surface area contributed by atoms with Gasteiger partial charge < -0.3 is 4.90 Å². The standard InChI is InChI=1S/C20H21Cl2N3OS2.ClH/c1-24(2)10-11-25(20-23-17-8-5-15(22)13-18(17)28-20)19(26)9-12-27-16-6-3-14(21)4-7-16;/h3-8,13H,9-12H2,1-2H3;1H. The third kappa shape index (κ3) is 7.02. The summed E-state index contributed by atoms with van der Waals surface area (Å²) < 4.78 is 0.987. The summed E-state index contributed by atoms with van der Waals surface area (Å²) in [6, 6.07) is 13.3. The van der Waals surface area contributed by atoms with Crippen LogP contribution >= 0.6 is 58.7 Å². The number of thioether (sulfide) groups is 1. The van der Waals surface area contributed by atoms with Crippen molar-refractivity contribution in [3.63, 3.8) is 0 Å². The highest BCUT2D eigenvalue weighted by molar-refractivity contribution is 7.99. The second kappa shape index (κ2) is 11.4. The van der Waals surface area contributed by atoms with Gasteiger partial charge in [-0.2, -0.15) is 0 Å². The largest absolute Gasteiger partial charge is 0.308 e. The number of likely N-dealkylation sites (N-methyl/N-ethyl adjacent to an activating group) is 1. The Morgan fingerprint density at radius 3 is 2.45 bits per heavy atom. The Kier molecular flexibility index (Phi) is 9.53. The van der Waals surface area contributed by atoms with E-state index < -0.39 is 0 Å². The molecule has 0 spiro atoms. The van der Waals surface area contributed by atoms with E-state index in [1.54, 1.807) is 16.7 Å². The van der Waals surface area contributed by atoms with E-state index in [9.17, 15) is 4.79 Å². The number of amides is 1. The van der Waals surface area contributed by atoms with Crippen molar-refractivity contribution in [3.05, 3.63) is 52.5 Å². The Morgan fingerprint density at radius 2 is 1.76 bits per heavy atom. The monoisotopic (exact) mass is 489 g/mol. The van der Waals surface area contributed by atoms with Crippen molar-refractivity contribution in [1.29, 1.82) is 0 Å². The molecule has 0 unspecified atom stereocenters. The van der Waals surface area contributed by atoms with Crippen molar-refractivity contribution < 1.29 is 4.79 Å². The van der Waals surface area contributed by atoms with Gasteiger partial charge >= 0.3 is 0 Å². The topological polar surface area (TPSA) is 36.4 Å². The lowest BCUT2D eigenvalue weighted by Gasteiger charge is -2.22. The molecule has 3 rings (SSSR count). The number of hydrogen-bond acceptors (Lipinski definition) is 5. The van der Waals surface area contributed by atoms with Crippen LogP contribution in [-0.4, -0.2) is 48.7 Å². The van der Waals surface area contributed by atoms with E-state index >= 15 is 0 Å². The second-order valence-electron chi connectivity index (χ2n) is 6.51. The number of benzene rings is 2. The van der Waals surface area contributed by atoms with Gasteiger partial charge in [0.2, 0.25) is 5.91 Å². The molecular formula is C20H22Cl3N3OS2. The van der Waals surface area contributed by atoms with E-state index in [4.69, 9.17) is 23.2 Å². The minimum Gasteiger partial charge on any atom is -0.308 e. The number of carbonyl (C=O) groups is 1. The zero-order chi connectivity index (χ0) is 20.1. The van der Waals surface area contributed by atoms with Gasteiger partial charge in [0.15, 0.2) is 5.13 Å². The molecule has 0 atom stereocenters. The third-order valence-electron chi connectivity index (χ3n) is 4.04. The molecule has 1 amide bonds. The summed E-state index contributed by atoms with van der Waals surface area (Å²) in [5, 5.41) is 2.11. The molecule has 9 heteroatoms. The average Bonchev–Trinajstić information content (AvgIpc) is 3.06. The van der Waals surface area contributed by atoms with Crippen LogP contribution in [0.1, 0.15) is 6.42 Å². The number of fused-ring (bicyclic) bond motifs is 1. The molecule has 0 saturated carbocycles. The van der Waals surface area contributed by atoms with Gasteiger partial charge in [-0.25, -0.2) is 4.98 Å². The fourth-order valence-corrected chi connectivity index (χ4v) is 4.80. The van der Waals surface area contributed by atoms with Crippen LogP contribution in [0, 0.1) is 0 Å². The van der Waals surface area contributed by atoms with Gasteiger partial charge in [0.25, 0.3) is 0 Å². The molecule has 0 aliphatic heterocycles. The van der Waals surface area contributed by atoms with E-state index in [-0.39, 0.29) is 18.3 Å². The molecule has 0 saturated heterocycles. The normalized spacial score (nSPS) is 10.9. The molecule has 3 aromatic rings. The highest BCUT2D eigenvalue weighted by Gasteiger charge is 2.20. The first kappa shape index (κ1) is 24.3. The smallest absolute Gasteiger partial charge is 0.229 e. The van der Waals surface area contributed by atoms with Gasteiger partial charge in [0, 0.05) is 40.2 Å². The lowest BCUT2D eigenvalue weighted by molar-refractivity contribution is -0.118. The first-order chi connectivity index (χ1) is 13.4. The van der Waals surface area contributed by atoms with Crippen molar-refractivity contribution in [2.45, 2.75) is 11.3 Å². The first-order valence-electron chi connectivity index (χ1n) is 8.82. The van der Waals surface area contributed by atoms with Gasteiger partial charge in [-0.05, 0) is 56.6 Å². The zero-order valence-corrected chi connectivity index (χ0v) is 20.1.